The van der Waals surface area contributed by atoms with Gasteiger partial charge in [0.1, 0.15) is 0 Å². The van der Waals surface area contributed by atoms with Crippen LogP contribution in [0.5, 0.6) is 0 Å². The molecule has 2 unspecified atom stereocenters. The van der Waals surface area contributed by atoms with Crippen molar-refractivity contribution in [1.29, 1.82) is 0 Å². The van der Waals surface area contributed by atoms with Gasteiger partial charge in [0.15, 0.2) is 5.82 Å². The molecule has 0 aromatic carbocycles. The van der Waals surface area contributed by atoms with Crippen LogP contribution in [-0.2, 0) is 17.6 Å². The minimum absolute atomic E-state index is 0.126. The Morgan fingerprint density at radius 3 is 2.82 bits per heavy atom. The molecular weight excluding hydrogens is 218 g/mol. The van der Waals surface area contributed by atoms with Crippen molar-refractivity contribution in [3.63, 3.8) is 0 Å². The molecule has 0 saturated heterocycles. The highest BCUT2D eigenvalue weighted by atomic mass is 16.5. The summed E-state index contributed by atoms with van der Waals surface area (Å²) in [6, 6.07) is 0.480. The number of methoxy groups -OCH3 is 1. The van der Waals surface area contributed by atoms with Crippen LogP contribution in [0.2, 0.25) is 0 Å². The smallest absolute Gasteiger partial charge is 0.226 e. The normalized spacial score (nSPS) is 14.8. The first-order valence-electron chi connectivity index (χ1n) is 6.23. The van der Waals surface area contributed by atoms with Crippen molar-refractivity contribution in [2.75, 3.05) is 13.7 Å². The molecule has 0 aliphatic heterocycles. The Labute approximate surface area is 103 Å². The molecule has 1 heterocycles. The van der Waals surface area contributed by atoms with Gasteiger partial charge in [-0.05, 0) is 26.8 Å². The van der Waals surface area contributed by atoms with E-state index in [2.05, 4.69) is 29.3 Å². The Morgan fingerprint density at radius 1 is 1.41 bits per heavy atom. The average molecular weight is 241 g/mol. The number of nitrogens with zero attached hydrogens (tertiary/aromatic N) is 2. The fraction of sp³-hybridized carbons (Fsp3) is 0.833. The van der Waals surface area contributed by atoms with Crippen molar-refractivity contribution in [2.45, 2.75) is 52.2 Å². The Kier molecular flexibility index (Phi) is 6.15. The minimum atomic E-state index is 0.126. The quantitative estimate of drug-likeness (QED) is 0.748. The van der Waals surface area contributed by atoms with Crippen LogP contribution >= 0.6 is 0 Å². The third kappa shape index (κ3) is 5.28. The van der Waals surface area contributed by atoms with Crippen LogP contribution in [0.15, 0.2) is 4.52 Å². The molecule has 1 aromatic heterocycles. The Balaban J connectivity index is 2.35. The van der Waals surface area contributed by atoms with Gasteiger partial charge in [-0.15, -0.1) is 0 Å². The highest BCUT2D eigenvalue weighted by molar-refractivity contribution is 4.88. The van der Waals surface area contributed by atoms with Gasteiger partial charge in [0.25, 0.3) is 0 Å². The number of aromatic nitrogens is 2. The van der Waals surface area contributed by atoms with E-state index in [1.165, 1.54) is 0 Å². The maximum atomic E-state index is 5.19. The van der Waals surface area contributed by atoms with Gasteiger partial charge in [-0.3, -0.25) is 0 Å². The topological polar surface area (TPSA) is 60.2 Å². The fourth-order valence-electron chi connectivity index (χ4n) is 1.61. The van der Waals surface area contributed by atoms with Crippen molar-refractivity contribution < 1.29 is 9.26 Å². The van der Waals surface area contributed by atoms with Crippen LogP contribution in [0.25, 0.3) is 0 Å². The van der Waals surface area contributed by atoms with E-state index in [0.717, 1.165) is 25.2 Å². The van der Waals surface area contributed by atoms with Gasteiger partial charge < -0.3 is 14.6 Å². The van der Waals surface area contributed by atoms with Gasteiger partial charge in [0, 0.05) is 26.0 Å². The third-order valence-corrected chi connectivity index (χ3v) is 2.73. The number of nitrogens with one attached hydrogen (secondary N) is 1. The van der Waals surface area contributed by atoms with Gasteiger partial charge in [0.05, 0.1) is 6.10 Å². The fourth-order valence-corrected chi connectivity index (χ4v) is 1.61. The number of aryl methyl sites for hydroxylation is 1. The second-order valence-electron chi connectivity index (χ2n) is 4.35. The molecule has 5 nitrogen and oxygen atoms in total. The maximum absolute atomic E-state index is 5.19. The van der Waals surface area contributed by atoms with Crippen molar-refractivity contribution >= 4 is 0 Å². The minimum Gasteiger partial charge on any atom is -0.381 e. The van der Waals surface area contributed by atoms with E-state index in [4.69, 9.17) is 9.26 Å². The lowest BCUT2D eigenvalue weighted by atomic mass is 10.2. The van der Waals surface area contributed by atoms with Crippen LogP contribution < -0.4 is 5.32 Å². The van der Waals surface area contributed by atoms with Crippen molar-refractivity contribution in [1.82, 2.24) is 15.5 Å². The Morgan fingerprint density at radius 2 is 2.18 bits per heavy atom. The van der Waals surface area contributed by atoms with Crippen LogP contribution in [-0.4, -0.2) is 35.9 Å². The molecule has 2 atom stereocenters. The molecular formula is C12H23N3O2. The van der Waals surface area contributed by atoms with E-state index in [0.29, 0.717) is 18.4 Å². The third-order valence-electron chi connectivity index (χ3n) is 2.73. The summed E-state index contributed by atoms with van der Waals surface area (Å²) in [6.45, 7) is 7.24. The SMILES string of the molecule is CCNC(C)CCc1nc(CC(C)OC)no1. The first-order valence-corrected chi connectivity index (χ1v) is 6.23. The summed E-state index contributed by atoms with van der Waals surface area (Å²) in [6.07, 6.45) is 2.65. The summed E-state index contributed by atoms with van der Waals surface area (Å²) in [4.78, 5) is 4.34. The molecule has 1 rings (SSSR count). The van der Waals surface area contributed by atoms with E-state index in [1.54, 1.807) is 7.11 Å². The standard InChI is InChI=1S/C12H23N3O2/c1-5-13-9(2)6-7-12-14-11(15-17-12)8-10(3)16-4/h9-10,13H,5-8H2,1-4H3. The predicted molar refractivity (Wildman–Crippen MR) is 65.9 cm³/mol. The average Bonchev–Trinajstić information content (AvgIpc) is 2.74. The highest BCUT2D eigenvalue weighted by Gasteiger charge is 2.10. The lowest BCUT2D eigenvalue weighted by Crippen LogP contribution is -2.25. The van der Waals surface area contributed by atoms with E-state index < -0.39 is 0 Å². The van der Waals surface area contributed by atoms with E-state index in [9.17, 15) is 0 Å². The molecule has 0 bridgehead atoms. The number of ether oxygens (including phenoxy) is 1. The van der Waals surface area contributed by atoms with Crippen LogP contribution in [0.1, 0.15) is 38.9 Å². The summed E-state index contributed by atoms with van der Waals surface area (Å²) in [5, 5.41) is 7.30. The zero-order chi connectivity index (χ0) is 12.7. The van der Waals surface area contributed by atoms with E-state index in [1.807, 2.05) is 6.92 Å². The Hall–Kier alpha value is -0.940. The predicted octanol–water partition coefficient (Wildman–Crippen LogP) is 1.58. The van der Waals surface area contributed by atoms with Gasteiger partial charge >= 0.3 is 0 Å². The molecule has 0 radical (unpaired) electrons. The first kappa shape index (κ1) is 14.1. The summed E-state index contributed by atoms with van der Waals surface area (Å²) in [5.41, 5.74) is 0. The number of hydrogen-bond donors (Lipinski definition) is 1. The van der Waals surface area contributed by atoms with Gasteiger partial charge in [0.2, 0.25) is 5.89 Å². The second-order valence-corrected chi connectivity index (χ2v) is 4.35. The molecule has 0 spiro atoms. The monoisotopic (exact) mass is 241 g/mol. The second kappa shape index (κ2) is 7.40. The molecule has 0 fully saturated rings. The molecule has 0 aliphatic carbocycles. The summed E-state index contributed by atoms with van der Waals surface area (Å²) in [7, 11) is 1.68. The molecule has 1 aromatic rings. The van der Waals surface area contributed by atoms with Crippen LogP contribution in [0.3, 0.4) is 0 Å². The Bertz CT molecular complexity index is 314. The van der Waals surface area contributed by atoms with Crippen LogP contribution in [0.4, 0.5) is 0 Å². The molecule has 0 amide bonds. The number of rotatable bonds is 8. The zero-order valence-corrected chi connectivity index (χ0v) is 11.2. The molecule has 1 N–H and O–H groups in total. The molecule has 98 valence electrons. The van der Waals surface area contributed by atoms with Gasteiger partial charge in [-0.2, -0.15) is 4.98 Å². The summed E-state index contributed by atoms with van der Waals surface area (Å²) < 4.78 is 10.4. The lowest BCUT2D eigenvalue weighted by molar-refractivity contribution is 0.116. The van der Waals surface area contributed by atoms with Crippen molar-refractivity contribution in [3.05, 3.63) is 11.7 Å². The molecule has 0 saturated carbocycles. The highest BCUT2D eigenvalue weighted by Crippen LogP contribution is 2.06. The largest absolute Gasteiger partial charge is 0.381 e. The van der Waals surface area contributed by atoms with Gasteiger partial charge in [-0.1, -0.05) is 12.1 Å². The molecule has 0 aliphatic rings. The first-order chi connectivity index (χ1) is 8.15. The zero-order valence-electron chi connectivity index (χ0n) is 11.2. The summed E-state index contributed by atoms with van der Waals surface area (Å²) in [5.74, 6) is 1.44. The van der Waals surface area contributed by atoms with E-state index >= 15 is 0 Å². The van der Waals surface area contributed by atoms with Gasteiger partial charge in [-0.25, -0.2) is 0 Å². The van der Waals surface area contributed by atoms with Crippen molar-refractivity contribution in [2.24, 2.45) is 0 Å². The summed E-state index contributed by atoms with van der Waals surface area (Å²) >= 11 is 0. The van der Waals surface area contributed by atoms with Crippen molar-refractivity contribution in [3.8, 4) is 0 Å². The van der Waals surface area contributed by atoms with Crippen LogP contribution in [0, 0.1) is 0 Å². The molecule has 5 heteroatoms. The maximum Gasteiger partial charge on any atom is 0.226 e. The molecule has 17 heavy (non-hydrogen) atoms. The number of hydrogen-bond acceptors (Lipinski definition) is 5. The van der Waals surface area contributed by atoms with E-state index in [-0.39, 0.29) is 6.10 Å². The lowest BCUT2D eigenvalue weighted by Gasteiger charge is -2.09.